The lowest BCUT2D eigenvalue weighted by molar-refractivity contribution is 0.165. The summed E-state index contributed by atoms with van der Waals surface area (Å²) in [5, 5.41) is 7.94. The van der Waals surface area contributed by atoms with Crippen LogP contribution in [0, 0.1) is 5.92 Å². The van der Waals surface area contributed by atoms with Crippen LogP contribution in [0.2, 0.25) is 0 Å². The lowest BCUT2D eigenvalue weighted by Crippen LogP contribution is -2.41. The lowest BCUT2D eigenvalue weighted by atomic mass is 9.98. The van der Waals surface area contributed by atoms with Gasteiger partial charge < -0.3 is 10.2 Å². The normalized spacial score (nSPS) is 25.4. The standard InChI is InChI=1S/C14H24N4/c1-3-13(11-15-14-4-5-14)12-17(7-1)9-10-18-8-2-6-16-18/h2,6,8,13-15H,1,3-5,7,9-12H2. The number of hydrogen-bond donors (Lipinski definition) is 1. The molecule has 3 rings (SSSR count). The predicted molar refractivity (Wildman–Crippen MR) is 72.4 cm³/mol. The van der Waals surface area contributed by atoms with Crippen LogP contribution < -0.4 is 5.32 Å². The highest BCUT2D eigenvalue weighted by molar-refractivity contribution is 4.84. The number of aromatic nitrogens is 2. The summed E-state index contributed by atoms with van der Waals surface area (Å²) in [5.41, 5.74) is 0. The molecule has 2 aliphatic rings. The summed E-state index contributed by atoms with van der Waals surface area (Å²) in [6, 6.07) is 2.85. The minimum atomic E-state index is 0.851. The molecule has 0 amide bonds. The molecule has 4 nitrogen and oxygen atoms in total. The topological polar surface area (TPSA) is 33.1 Å². The van der Waals surface area contributed by atoms with E-state index in [4.69, 9.17) is 0 Å². The molecule has 1 aromatic heterocycles. The third kappa shape index (κ3) is 3.56. The summed E-state index contributed by atoms with van der Waals surface area (Å²) >= 11 is 0. The Labute approximate surface area is 109 Å². The number of rotatable bonds is 6. The summed E-state index contributed by atoms with van der Waals surface area (Å²) in [4.78, 5) is 2.60. The Balaban J connectivity index is 1.38. The van der Waals surface area contributed by atoms with Crippen LogP contribution in [0.4, 0.5) is 0 Å². The van der Waals surface area contributed by atoms with E-state index in [1.165, 1.54) is 45.3 Å². The van der Waals surface area contributed by atoms with Crippen molar-refractivity contribution in [1.82, 2.24) is 20.0 Å². The van der Waals surface area contributed by atoms with Crippen LogP contribution in [0.3, 0.4) is 0 Å². The molecule has 1 N–H and O–H groups in total. The highest BCUT2D eigenvalue weighted by atomic mass is 15.3. The monoisotopic (exact) mass is 248 g/mol. The predicted octanol–water partition coefficient (Wildman–Crippen LogP) is 1.35. The van der Waals surface area contributed by atoms with Crippen molar-refractivity contribution < 1.29 is 0 Å². The Kier molecular flexibility index (Phi) is 3.96. The fraction of sp³-hybridized carbons (Fsp3) is 0.786. The summed E-state index contributed by atoms with van der Waals surface area (Å²) in [6.45, 7) is 5.92. The molecule has 4 heteroatoms. The summed E-state index contributed by atoms with van der Waals surface area (Å²) in [5.74, 6) is 0.858. The first-order valence-corrected chi connectivity index (χ1v) is 7.33. The zero-order valence-corrected chi connectivity index (χ0v) is 11.1. The number of nitrogens with zero attached hydrogens (tertiary/aromatic N) is 3. The van der Waals surface area contributed by atoms with Crippen LogP contribution in [0.1, 0.15) is 25.7 Å². The lowest BCUT2D eigenvalue weighted by Gasteiger charge is -2.32. The molecule has 0 radical (unpaired) electrons. The fourth-order valence-electron chi connectivity index (χ4n) is 2.82. The van der Waals surface area contributed by atoms with Gasteiger partial charge in [0, 0.05) is 31.5 Å². The first kappa shape index (κ1) is 12.2. The molecule has 1 aliphatic heterocycles. The van der Waals surface area contributed by atoms with Gasteiger partial charge in [0.2, 0.25) is 0 Å². The Bertz CT molecular complexity index is 345. The van der Waals surface area contributed by atoms with Crippen molar-refractivity contribution in [3.05, 3.63) is 18.5 Å². The summed E-state index contributed by atoms with van der Waals surface area (Å²) in [6.07, 6.45) is 9.47. The van der Waals surface area contributed by atoms with Gasteiger partial charge in [0.15, 0.2) is 0 Å². The van der Waals surface area contributed by atoms with Gasteiger partial charge in [0.25, 0.3) is 0 Å². The fourth-order valence-corrected chi connectivity index (χ4v) is 2.82. The van der Waals surface area contributed by atoms with Gasteiger partial charge in [0.1, 0.15) is 0 Å². The van der Waals surface area contributed by atoms with Gasteiger partial charge in [-0.2, -0.15) is 5.10 Å². The second-order valence-electron chi connectivity index (χ2n) is 5.76. The van der Waals surface area contributed by atoms with Gasteiger partial charge in [-0.3, -0.25) is 4.68 Å². The summed E-state index contributed by atoms with van der Waals surface area (Å²) < 4.78 is 2.03. The van der Waals surface area contributed by atoms with Crippen molar-refractivity contribution in [2.24, 2.45) is 5.92 Å². The minimum Gasteiger partial charge on any atom is -0.314 e. The van der Waals surface area contributed by atoms with E-state index in [1.807, 2.05) is 16.9 Å². The average Bonchev–Trinajstić information content (AvgIpc) is 3.09. The van der Waals surface area contributed by atoms with Gasteiger partial charge in [-0.15, -0.1) is 0 Å². The molecule has 100 valence electrons. The highest BCUT2D eigenvalue weighted by Gasteiger charge is 2.24. The van der Waals surface area contributed by atoms with Gasteiger partial charge in [-0.1, -0.05) is 0 Å². The zero-order chi connectivity index (χ0) is 12.2. The quantitative estimate of drug-likeness (QED) is 0.825. The van der Waals surface area contributed by atoms with E-state index in [2.05, 4.69) is 21.5 Å². The zero-order valence-electron chi connectivity index (χ0n) is 11.1. The molecular formula is C14H24N4. The Morgan fingerprint density at radius 3 is 2.94 bits per heavy atom. The maximum atomic E-state index is 4.27. The van der Waals surface area contributed by atoms with Crippen molar-refractivity contribution in [2.75, 3.05) is 26.2 Å². The largest absolute Gasteiger partial charge is 0.314 e. The van der Waals surface area contributed by atoms with Crippen molar-refractivity contribution in [3.63, 3.8) is 0 Å². The van der Waals surface area contributed by atoms with E-state index in [1.54, 1.807) is 0 Å². The highest BCUT2D eigenvalue weighted by Crippen LogP contribution is 2.21. The molecule has 18 heavy (non-hydrogen) atoms. The molecular weight excluding hydrogens is 224 g/mol. The maximum absolute atomic E-state index is 4.27. The molecule has 1 aliphatic carbocycles. The number of likely N-dealkylation sites (tertiary alicyclic amines) is 1. The number of hydrogen-bond acceptors (Lipinski definition) is 3. The van der Waals surface area contributed by atoms with Gasteiger partial charge in [-0.25, -0.2) is 0 Å². The third-order valence-corrected chi connectivity index (χ3v) is 4.08. The second-order valence-corrected chi connectivity index (χ2v) is 5.76. The number of piperidine rings is 1. The van der Waals surface area contributed by atoms with Crippen LogP contribution in [0.5, 0.6) is 0 Å². The van der Waals surface area contributed by atoms with E-state index in [0.717, 1.165) is 25.0 Å². The molecule has 1 saturated heterocycles. The molecule has 0 spiro atoms. The van der Waals surface area contributed by atoms with Gasteiger partial charge >= 0.3 is 0 Å². The first-order chi connectivity index (χ1) is 8.90. The van der Waals surface area contributed by atoms with E-state index in [9.17, 15) is 0 Å². The molecule has 0 bridgehead atoms. The van der Waals surface area contributed by atoms with Gasteiger partial charge in [0.05, 0.1) is 6.54 Å². The van der Waals surface area contributed by atoms with Crippen molar-refractivity contribution in [1.29, 1.82) is 0 Å². The maximum Gasteiger partial charge on any atom is 0.0536 e. The van der Waals surface area contributed by atoms with Crippen molar-refractivity contribution in [2.45, 2.75) is 38.3 Å². The SMILES string of the molecule is c1cnn(CCN2CCCC(CNC3CC3)C2)c1. The summed E-state index contributed by atoms with van der Waals surface area (Å²) in [7, 11) is 0. The molecule has 2 heterocycles. The van der Waals surface area contributed by atoms with Crippen LogP contribution in [-0.2, 0) is 6.54 Å². The molecule has 1 unspecified atom stereocenters. The second kappa shape index (κ2) is 5.85. The number of nitrogens with one attached hydrogen (secondary N) is 1. The molecule has 1 atom stereocenters. The molecule has 0 aromatic carbocycles. The van der Waals surface area contributed by atoms with E-state index in [-0.39, 0.29) is 0 Å². The van der Waals surface area contributed by atoms with Crippen LogP contribution in [0.15, 0.2) is 18.5 Å². The van der Waals surface area contributed by atoms with Crippen LogP contribution in [0.25, 0.3) is 0 Å². The Hall–Kier alpha value is -0.870. The molecule has 2 fully saturated rings. The van der Waals surface area contributed by atoms with E-state index >= 15 is 0 Å². The third-order valence-electron chi connectivity index (χ3n) is 4.08. The van der Waals surface area contributed by atoms with Crippen molar-refractivity contribution in [3.8, 4) is 0 Å². The smallest absolute Gasteiger partial charge is 0.0536 e. The van der Waals surface area contributed by atoms with Gasteiger partial charge in [-0.05, 0) is 50.8 Å². The van der Waals surface area contributed by atoms with Crippen LogP contribution in [-0.4, -0.2) is 46.9 Å². The van der Waals surface area contributed by atoms with E-state index < -0.39 is 0 Å². The molecule has 1 aromatic rings. The first-order valence-electron chi connectivity index (χ1n) is 7.33. The Morgan fingerprint density at radius 2 is 2.17 bits per heavy atom. The van der Waals surface area contributed by atoms with E-state index in [0.29, 0.717) is 0 Å². The van der Waals surface area contributed by atoms with Crippen LogP contribution >= 0.6 is 0 Å². The minimum absolute atomic E-state index is 0.851. The molecule has 1 saturated carbocycles. The average molecular weight is 248 g/mol. The van der Waals surface area contributed by atoms with Crippen molar-refractivity contribution >= 4 is 0 Å². The Morgan fingerprint density at radius 1 is 1.22 bits per heavy atom.